The number of hydrogen-bond acceptors (Lipinski definition) is 5. The SMILES string of the molecule is O=C(Nc1cc(Cl)ccc1OCCO)c1cnn2cccnc12. The highest BCUT2D eigenvalue weighted by atomic mass is 35.5. The van der Waals surface area contributed by atoms with E-state index in [9.17, 15) is 4.79 Å². The molecule has 0 saturated carbocycles. The van der Waals surface area contributed by atoms with Gasteiger partial charge in [-0.1, -0.05) is 11.6 Å². The minimum atomic E-state index is -0.380. The summed E-state index contributed by atoms with van der Waals surface area (Å²) >= 11 is 5.97. The molecule has 0 radical (unpaired) electrons. The summed E-state index contributed by atoms with van der Waals surface area (Å²) in [5.74, 6) is 0.0380. The second kappa shape index (κ2) is 6.64. The van der Waals surface area contributed by atoms with E-state index in [1.165, 1.54) is 10.7 Å². The Bertz CT molecular complexity index is 850. The lowest BCUT2D eigenvalue weighted by Crippen LogP contribution is -2.13. The van der Waals surface area contributed by atoms with Gasteiger partial charge in [0.15, 0.2) is 5.65 Å². The van der Waals surface area contributed by atoms with Gasteiger partial charge >= 0.3 is 0 Å². The van der Waals surface area contributed by atoms with Crippen LogP contribution in [0.4, 0.5) is 5.69 Å². The second-order valence-electron chi connectivity index (χ2n) is 4.61. The van der Waals surface area contributed by atoms with Crippen molar-refractivity contribution in [2.24, 2.45) is 0 Å². The molecule has 0 bridgehead atoms. The number of nitrogens with one attached hydrogen (secondary N) is 1. The van der Waals surface area contributed by atoms with E-state index >= 15 is 0 Å². The zero-order valence-electron chi connectivity index (χ0n) is 11.9. The van der Waals surface area contributed by atoms with Crippen LogP contribution in [0.3, 0.4) is 0 Å². The van der Waals surface area contributed by atoms with E-state index in [1.807, 2.05) is 0 Å². The number of aliphatic hydroxyl groups excluding tert-OH is 1. The van der Waals surface area contributed by atoms with Crippen molar-refractivity contribution >= 4 is 28.8 Å². The molecule has 23 heavy (non-hydrogen) atoms. The smallest absolute Gasteiger partial charge is 0.261 e. The van der Waals surface area contributed by atoms with Gasteiger partial charge in [0.05, 0.1) is 18.5 Å². The van der Waals surface area contributed by atoms with E-state index in [0.717, 1.165) is 0 Å². The molecule has 0 spiro atoms. The molecule has 2 heterocycles. The molecule has 0 aliphatic heterocycles. The minimum absolute atomic E-state index is 0.114. The highest BCUT2D eigenvalue weighted by molar-refractivity contribution is 6.31. The lowest BCUT2D eigenvalue weighted by molar-refractivity contribution is 0.102. The number of aromatic nitrogens is 3. The first-order chi connectivity index (χ1) is 11.2. The Morgan fingerprint density at radius 1 is 1.43 bits per heavy atom. The van der Waals surface area contributed by atoms with Crippen LogP contribution in [0.5, 0.6) is 5.75 Å². The van der Waals surface area contributed by atoms with Crippen molar-refractivity contribution in [3.05, 3.63) is 53.4 Å². The zero-order chi connectivity index (χ0) is 16.2. The predicted octanol–water partition coefficient (Wildman–Crippen LogP) is 2.01. The van der Waals surface area contributed by atoms with Gasteiger partial charge in [0.1, 0.15) is 17.9 Å². The Morgan fingerprint density at radius 3 is 3.13 bits per heavy atom. The average molecular weight is 333 g/mol. The van der Waals surface area contributed by atoms with E-state index < -0.39 is 0 Å². The third-order valence-corrected chi connectivity index (χ3v) is 3.30. The Labute approximate surface area is 136 Å². The number of ether oxygens (including phenoxy) is 1. The van der Waals surface area contributed by atoms with Gasteiger partial charge in [0, 0.05) is 17.4 Å². The third kappa shape index (κ3) is 3.25. The molecule has 3 aromatic rings. The summed E-state index contributed by atoms with van der Waals surface area (Å²) in [6, 6.07) is 6.56. The van der Waals surface area contributed by atoms with Crippen LogP contribution in [0, 0.1) is 0 Å². The number of anilines is 1. The first-order valence-corrected chi connectivity index (χ1v) is 7.20. The lowest BCUT2D eigenvalue weighted by Gasteiger charge is -2.12. The van der Waals surface area contributed by atoms with Crippen molar-refractivity contribution in [1.82, 2.24) is 14.6 Å². The first-order valence-electron chi connectivity index (χ1n) is 6.82. The van der Waals surface area contributed by atoms with Crippen LogP contribution in [-0.2, 0) is 0 Å². The fourth-order valence-corrected chi connectivity index (χ4v) is 2.23. The van der Waals surface area contributed by atoms with Crippen molar-refractivity contribution < 1.29 is 14.6 Å². The quantitative estimate of drug-likeness (QED) is 0.746. The fourth-order valence-electron chi connectivity index (χ4n) is 2.06. The number of halogens is 1. The third-order valence-electron chi connectivity index (χ3n) is 3.06. The molecule has 0 unspecified atom stereocenters. The maximum atomic E-state index is 12.5. The lowest BCUT2D eigenvalue weighted by atomic mass is 10.2. The van der Waals surface area contributed by atoms with Gasteiger partial charge in [0.2, 0.25) is 0 Å². The number of amides is 1. The van der Waals surface area contributed by atoms with Gasteiger partial charge in [-0.2, -0.15) is 5.10 Å². The fraction of sp³-hybridized carbons (Fsp3) is 0.133. The number of nitrogens with zero attached hydrogens (tertiary/aromatic N) is 3. The number of carbonyl (C=O) groups excluding carboxylic acids is 1. The maximum Gasteiger partial charge on any atom is 0.261 e. The van der Waals surface area contributed by atoms with E-state index in [4.69, 9.17) is 21.4 Å². The highest BCUT2D eigenvalue weighted by Gasteiger charge is 2.16. The van der Waals surface area contributed by atoms with Crippen molar-refractivity contribution in [1.29, 1.82) is 0 Å². The van der Waals surface area contributed by atoms with Crippen LogP contribution in [0.15, 0.2) is 42.9 Å². The molecule has 7 nitrogen and oxygen atoms in total. The Balaban J connectivity index is 1.89. The van der Waals surface area contributed by atoms with Crippen molar-refractivity contribution in [3.8, 4) is 5.75 Å². The summed E-state index contributed by atoms with van der Waals surface area (Å²) in [6.45, 7) is -0.0171. The van der Waals surface area contributed by atoms with E-state index in [2.05, 4.69) is 15.4 Å². The zero-order valence-corrected chi connectivity index (χ0v) is 12.7. The number of fused-ring (bicyclic) bond motifs is 1. The normalized spacial score (nSPS) is 10.7. The first kappa shape index (κ1) is 15.3. The van der Waals surface area contributed by atoms with Crippen LogP contribution < -0.4 is 10.1 Å². The van der Waals surface area contributed by atoms with Crippen LogP contribution in [0.2, 0.25) is 5.02 Å². The van der Waals surface area contributed by atoms with Gasteiger partial charge in [-0.25, -0.2) is 9.50 Å². The average Bonchev–Trinajstić information content (AvgIpc) is 2.98. The maximum absolute atomic E-state index is 12.5. The van der Waals surface area contributed by atoms with Crippen molar-refractivity contribution in [2.75, 3.05) is 18.5 Å². The van der Waals surface area contributed by atoms with Crippen LogP contribution in [0.1, 0.15) is 10.4 Å². The topological polar surface area (TPSA) is 88.8 Å². The summed E-state index contributed by atoms with van der Waals surface area (Å²) in [5.41, 5.74) is 1.19. The predicted molar refractivity (Wildman–Crippen MR) is 85.0 cm³/mol. The number of carbonyl (C=O) groups is 1. The van der Waals surface area contributed by atoms with Gasteiger partial charge < -0.3 is 15.2 Å². The summed E-state index contributed by atoms with van der Waals surface area (Å²) in [7, 11) is 0. The van der Waals surface area contributed by atoms with Gasteiger partial charge in [0.25, 0.3) is 5.91 Å². The summed E-state index contributed by atoms with van der Waals surface area (Å²) < 4.78 is 6.90. The minimum Gasteiger partial charge on any atom is -0.489 e. The van der Waals surface area contributed by atoms with Gasteiger partial charge in [-0.05, 0) is 24.3 Å². The van der Waals surface area contributed by atoms with Crippen molar-refractivity contribution in [2.45, 2.75) is 0 Å². The number of aliphatic hydroxyl groups is 1. The Kier molecular flexibility index (Phi) is 4.40. The summed E-state index contributed by atoms with van der Waals surface area (Å²) in [4.78, 5) is 16.6. The molecule has 8 heteroatoms. The van der Waals surface area contributed by atoms with Crippen LogP contribution >= 0.6 is 11.6 Å². The van der Waals surface area contributed by atoms with E-state index in [-0.39, 0.29) is 19.1 Å². The molecule has 0 aliphatic rings. The molecule has 0 aliphatic carbocycles. The number of hydrogen-bond donors (Lipinski definition) is 2. The molecule has 1 aromatic carbocycles. The van der Waals surface area contributed by atoms with Crippen LogP contribution in [-0.4, -0.2) is 38.8 Å². The summed E-state index contributed by atoms with van der Waals surface area (Å²) in [6.07, 6.45) is 4.73. The standard InChI is InChI=1S/C15H13ClN4O3/c16-10-2-3-13(23-7-6-21)12(8-10)19-15(22)11-9-18-20-5-1-4-17-14(11)20/h1-5,8-9,21H,6-7H2,(H,19,22). The molecular formula is C15H13ClN4O3. The Hall–Kier alpha value is -2.64. The highest BCUT2D eigenvalue weighted by Crippen LogP contribution is 2.28. The molecule has 2 aromatic heterocycles. The number of benzene rings is 1. The van der Waals surface area contributed by atoms with Gasteiger partial charge in [-0.15, -0.1) is 0 Å². The second-order valence-corrected chi connectivity index (χ2v) is 5.05. The van der Waals surface area contributed by atoms with Crippen LogP contribution in [0.25, 0.3) is 5.65 Å². The van der Waals surface area contributed by atoms with E-state index in [0.29, 0.717) is 27.7 Å². The largest absolute Gasteiger partial charge is 0.489 e. The van der Waals surface area contributed by atoms with E-state index in [1.54, 1.807) is 36.7 Å². The molecule has 0 fully saturated rings. The Morgan fingerprint density at radius 2 is 2.30 bits per heavy atom. The van der Waals surface area contributed by atoms with Gasteiger partial charge in [-0.3, -0.25) is 4.79 Å². The molecule has 0 saturated heterocycles. The van der Waals surface area contributed by atoms with Crippen molar-refractivity contribution in [3.63, 3.8) is 0 Å². The summed E-state index contributed by atoms with van der Waals surface area (Å²) in [5, 5.41) is 16.1. The molecule has 3 rings (SSSR count). The molecule has 2 N–H and O–H groups in total. The number of rotatable bonds is 5. The molecular weight excluding hydrogens is 320 g/mol. The molecule has 1 amide bonds. The monoisotopic (exact) mass is 332 g/mol. The molecule has 118 valence electrons. The molecule has 0 atom stereocenters.